The van der Waals surface area contributed by atoms with Gasteiger partial charge < -0.3 is 10.6 Å². The summed E-state index contributed by atoms with van der Waals surface area (Å²) in [6.45, 7) is 4.52. The number of pyridine rings is 1. The van der Waals surface area contributed by atoms with Crippen LogP contribution < -0.4 is 16.2 Å². The van der Waals surface area contributed by atoms with Gasteiger partial charge in [0.2, 0.25) is 5.95 Å². The normalized spacial score (nSPS) is 14.0. The predicted octanol–water partition coefficient (Wildman–Crippen LogP) is 5.80. The number of anilines is 2. The molecule has 39 heavy (non-hydrogen) atoms. The molecule has 2 aromatic carbocycles. The summed E-state index contributed by atoms with van der Waals surface area (Å²) in [5.41, 5.74) is 5.45. The molecule has 4 heterocycles. The zero-order chi connectivity index (χ0) is 26.8. The van der Waals surface area contributed by atoms with E-state index < -0.39 is 0 Å². The number of fused-ring (bicyclic) bond motifs is 1. The third kappa shape index (κ3) is 5.13. The molecule has 196 valence electrons. The first-order chi connectivity index (χ1) is 19.1. The predicted molar refractivity (Wildman–Crippen MR) is 156 cm³/mol. The maximum absolute atomic E-state index is 13.6. The second kappa shape index (κ2) is 10.9. The fourth-order valence-electron chi connectivity index (χ4n) is 5.18. The summed E-state index contributed by atoms with van der Waals surface area (Å²) in [5, 5.41) is 7.94. The Balaban J connectivity index is 1.30. The van der Waals surface area contributed by atoms with Crippen LogP contribution in [0.5, 0.6) is 0 Å². The molecule has 9 heteroatoms. The van der Waals surface area contributed by atoms with Crippen LogP contribution in [0.4, 0.5) is 11.6 Å². The second-order valence-corrected chi connectivity index (χ2v) is 10.0. The summed E-state index contributed by atoms with van der Waals surface area (Å²) in [4.78, 5) is 31.1. The number of nitrogens with zero attached hydrogens (tertiary/aromatic N) is 5. The third-order valence-corrected chi connectivity index (χ3v) is 7.57. The van der Waals surface area contributed by atoms with Crippen molar-refractivity contribution >= 4 is 34.3 Å². The minimum absolute atomic E-state index is 0.155. The first-order valence-corrected chi connectivity index (χ1v) is 13.5. The minimum Gasteiger partial charge on any atom is -0.324 e. The molecule has 0 bridgehead atoms. The number of benzene rings is 2. The lowest BCUT2D eigenvalue weighted by Crippen LogP contribution is -2.26. The van der Waals surface area contributed by atoms with Gasteiger partial charge in [-0.25, -0.2) is 15.0 Å². The molecule has 0 saturated carbocycles. The summed E-state index contributed by atoms with van der Waals surface area (Å²) in [6.07, 6.45) is 7.24. The van der Waals surface area contributed by atoms with E-state index in [1.54, 1.807) is 17.0 Å². The van der Waals surface area contributed by atoms with Crippen molar-refractivity contribution in [1.82, 2.24) is 29.8 Å². The van der Waals surface area contributed by atoms with Crippen LogP contribution in [0.1, 0.15) is 31.2 Å². The molecule has 8 nitrogen and oxygen atoms in total. The van der Waals surface area contributed by atoms with Gasteiger partial charge in [-0.1, -0.05) is 35.9 Å². The van der Waals surface area contributed by atoms with Gasteiger partial charge in [-0.05, 0) is 74.7 Å². The maximum Gasteiger partial charge on any atom is 0.260 e. The van der Waals surface area contributed by atoms with Crippen molar-refractivity contribution < 1.29 is 0 Å². The van der Waals surface area contributed by atoms with Crippen molar-refractivity contribution in [3.8, 4) is 22.4 Å². The summed E-state index contributed by atoms with van der Waals surface area (Å²) in [6, 6.07) is 17.7. The third-order valence-electron chi connectivity index (χ3n) is 7.26. The van der Waals surface area contributed by atoms with E-state index in [0.717, 1.165) is 48.3 Å². The molecule has 0 atom stereocenters. The van der Waals surface area contributed by atoms with Crippen LogP contribution in [0, 0.1) is 0 Å². The molecule has 0 spiro atoms. The molecular weight excluding hydrogens is 510 g/mol. The van der Waals surface area contributed by atoms with E-state index in [1.165, 1.54) is 11.9 Å². The number of aromatic nitrogens is 5. The second-order valence-electron chi connectivity index (χ2n) is 9.64. The van der Waals surface area contributed by atoms with Gasteiger partial charge in [0.1, 0.15) is 12.0 Å². The van der Waals surface area contributed by atoms with Crippen molar-refractivity contribution in [2.75, 3.05) is 18.4 Å². The van der Waals surface area contributed by atoms with Gasteiger partial charge in [0, 0.05) is 51.7 Å². The Kier molecular flexibility index (Phi) is 7.04. The van der Waals surface area contributed by atoms with E-state index in [-0.39, 0.29) is 5.56 Å². The van der Waals surface area contributed by atoms with Crippen molar-refractivity contribution in [2.24, 2.45) is 0 Å². The largest absolute Gasteiger partial charge is 0.324 e. The van der Waals surface area contributed by atoms with Crippen LogP contribution in [-0.4, -0.2) is 37.6 Å². The highest BCUT2D eigenvalue weighted by atomic mass is 35.5. The highest BCUT2D eigenvalue weighted by molar-refractivity contribution is 6.33. The van der Waals surface area contributed by atoms with E-state index in [0.29, 0.717) is 40.2 Å². The molecule has 0 radical (unpaired) electrons. The first-order valence-electron chi connectivity index (χ1n) is 13.2. The average molecular weight is 538 g/mol. The van der Waals surface area contributed by atoms with Crippen LogP contribution in [0.15, 0.2) is 78.1 Å². The highest BCUT2D eigenvalue weighted by Gasteiger charge is 2.17. The van der Waals surface area contributed by atoms with Crippen molar-refractivity contribution in [3.63, 3.8) is 0 Å². The number of hydrogen-bond acceptors (Lipinski definition) is 7. The van der Waals surface area contributed by atoms with Gasteiger partial charge in [0.25, 0.3) is 5.56 Å². The molecule has 1 fully saturated rings. The smallest absolute Gasteiger partial charge is 0.260 e. The average Bonchev–Trinajstić information content (AvgIpc) is 2.98. The minimum atomic E-state index is -0.155. The number of hydrogen-bond donors (Lipinski definition) is 2. The molecule has 0 unspecified atom stereocenters. The number of halogens is 1. The summed E-state index contributed by atoms with van der Waals surface area (Å²) >= 11 is 6.67. The van der Waals surface area contributed by atoms with Crippen LogP contribution in [0.3, 0.4) is 0 Å². The maximum atomic E-state index is 13.6. The molecule has 0 aliphatic carbocycles. The molecule has 1 saturated heterocycles. The van der Waals surface area contributed by atoms with Gasteiger partial charge in [-0.2, -0.15) is 4.98 Å². The van der Waals surface area contributed by atoms with Crippen LogP contribution in [0.25, 0.3) is 33.4 Å². The summed E-state index contributed by atoms with van der Waals surface area (Å²) in [7, 11) is 0. The molecule has 1 aliphatic heterocycles. The van der Waals surface area contributed by atoms with Crippen LogP contribution in [0.2, 0.25) is 5.02 Å². The van der Waals surface area contributed by atoms with E-state index in [9.17, 15) is 4.79 Å². The van der Waals surface area contributed by atoms with Gasteiger partial charge in [0.15, 0.2) is 0 Å². The Morgan fingerprint density at radius 1 is 1.03 bits per heavy atom. The first kappa shape index (κ1) is 25.2. The lowest BCUT2D eigenvalue weighted by Gasteiger charge is -2.23. The summed E-state index contributed by atoms with van der Waals surface area (Å²) < 4.78 is 1.66. The van der Waals surface area contributed by atoms with Crippen molar-refractivity contribution in [3.05, 3.63) is 94.3 Å². The number of aryl methyl sites for hydroxylation is 1. The lowest BCUT2D eigenvalue weighted by molar-refractivity contribution is 0.460. The van der Waals surface area contributed by atoms with E-state index in [1.807, 2.05) is 37.3 Å². The standard InChI is InChI=1S/C30H28ClN7O/c1-2-38-28-22(15-25(29(38)39)24-8-5-21(16-26(24)31)27-11-14-33-18-35-27)17-34-30(37-28)36-23-6-3-19(4-7-23)20-9-12-32-13-10-20/h3-8,11,14-18,20,32H,2,9-10,12-13H2,1H3,(H,34,36,37). The van der Waals surface area contributed by atoms with E-state index in [2.05, 4.69) is 49.9 Å². The monoisotopic (exact) mass is 537 g/mol. The number of rotatable bonds is 6. The molecule has 0 amide bonds. The van der Waals surface area contributed by atoms with E-state index >= 15 is 0 Å². The highest BCUT2D eigenvalue weighted by Crippen LogP contribution is 2.32. The van der Waals surface area contributed by atoms with Crippen molar-refractivity contribution in [2.45, 2.75) is 32.2 Å². The Morgan fingerprint density at radius 2 is 1.85 bits per heavy atom. The zero-order valence-electron chi connectivity index (χ0n) is 21.6. The molecular formula is C30H28ClN7O. The molecule has 2 N–H and O–H groups in total. The number of piperidine rings is 1. The zero-order valence-corrected chi connectivity index (χ0v) is 22.3. The van der Waals surface area contributed by atoms with Crippen LogP contribution >= 0.6 is 11.6 Å². The fraction of sp³-hybridized carbons (Fsp3) is 0.233. The van der Waals surface area contributed by atoms with Gasteiger partial charge >= 0.3 is 0 Å². The van der Waals surface area contributed by atoms with Crippen LogP contribution in [-0.2, 0) is 6.54 Å². The lowest BCUT2D eigenvalue weighted by atomic mass is 9.90. The number of nitrogens with one attached hydrogen (secondary N) is 2. The summed E-state index contributed by atoms with van der Waals surface area (Å²) in [5.74, 6) is 1.04. The molecule has 6 rings (SSSR count). The Morgan fingerprint density at radius 3 is 2.56 bits per heavy atom. The quantitative estimate of drug-likeness (QED) is 0.282. The topological polar surface area (TPSA) is 97.6 Å². The Hall–Kier alpha value is -4.14. The van der Waals surface area contributed by atoms with Gasteiger partial charge in [-0.15, -0.1) is 0 Å². The molecule has 3 aromatic heterocycles. The molecule has 5 aromatic rings. The van der Waals surface area contributed by atoms with Gasteiger partial charge in [0.05, 0.1) is 5.69 Å². The fourth-order valence-corrected chi connectivity index (χ4v) is 5.47. The van der Waals surface area contributed by atoms with E-state index in [4.69, 9.17) is 16.6 Å². The van der Waals surface area contributed by atoms with Gasteiger partial charge in [-0.3, -0.25) is 9.36 Å². The SMILES string of the molecule is CCn1c(=O)c(-c2ccc(-c3ccncn3)cc2Cl)cc2cnc(Nc3ccc(C4CCNCC4)cc3)nc21. The Bertz CT molecular complexity index is 1680. The molecule has 1 aliphatic rings. The Labute approximate surface area is 231 Å². The van der Waals surface area contributed by atoms with Crippen molar-refractivity contribution in [1.29, 1.82) is 0 Å².